The number of ether oxygens (including phenoxy) is 1. The summed E-state index contributed by atoms with van der Waals surface area (Å²) < 4.78 is 4.81. The molecule has 0 spiro atoms. The van der Waals surface area contributed by atoms with Gasteiger partial charge in [-0.15, -0.1) is 0 Å². The zero-order chi connectivity index (χ0) is 18.8. The van der Waals surface area contributed by atoms with Crippen molar-refractivity contribution in [2.24, 2.45) is 0 Å². The lowest BCUT2D eigenvalue weighted by Gasteiger charge is -2.25. The molecule has 0 aliphatic rings. The number of fused-ring (bicyclic) bond motifs is 1. The van der Waals surface area contributed by atoms with Gasteiger partial charge >= 0.3 is 5.97 Å². The van der Waals surface area contributed by atoms with E-state index < -0.39 is 0 Å². The largest absolute Gasteiger partial charge is 0.465 e. The van der Waals surface area contributed by atoms with E-state index in [1.165, 1.54) is 12.7 Å². The Bertz CT molecular complexity index is 949. The van der Waals surface area contributed by atoms with Crippen LogP contribution in [0.25, 0.3) is 22.3 Å². The maximum Gasteiger partial charge on any atom is 0.337 e. The van der Waals surface area contributed by atoms with E-state index >= 15 is 0 Å². The van der Waals surface area contributed by atoms with Gasteiger partial charge in [0, 0.05) is 18.7 Å². The van der Waals surface area contributed by atoms with Gasteiger partial charge in [0.05, 0.1) is 23.7 Å². The van der Waals surface area contributed by atoms with Gasteiger partial charge in [-0.25, -0.2) is 14.8 Å². The van der Waals surface area contributed by atoms with Crippen molar-refractivity contribution in [3.8, 4) is 11.3 Å². The Kier molecular flexibility index (Phi) is 4.89. The second-order valence-corrected chi connectivity index (χ2v) is 6.66. The van der Waals surface area contributed by atoms with Gasteiger partial charge in [0.2, 0.25) is 0 Å². The minimum atomic E-state index is -0.380. The number of hydrogen-bond acceptors (Lipinski definition) is 5. The maximum atomic E-state index is 11.8. The summed E-state index contributed by atoms with van der Waals surface area (Å²) in [7, 11) is 3.37. The lowest BCUT2D eigenvalue weighted by molar-refractivity contribution is 0.0601. The molecule has 0 radical (unpaired) electrons. The van der Waals surface area contributed by atoms with Crippen LogP contribution in [0.4, 0.5) is 5.82 Å². The third-order valence-electron chi connectivity index (χ3n) is 4.50. The molecule has 0 aliphatic heterocycles. The average Bonchev–Trinajstić information content (AvgIpc) is 2.65. The number of hydrogen-bond donors (Lipinski definition) is 0. The minimum absolute atomic E-state index is 0.259. The summed E-state index contributed by atoms with van der Waals surface area (Å²) in [6, 6.07) is 13.8. The third-order valence-corrected chi connectivity index (χ3v) is 4.50. The number of aromatic nitrogens is 2. The van der Waals surface area contributed by atoms with Crippen LogP contribution in [0.3, 0.4) is 0 Å². The molecule has 0 aliphatic carbocycles. The van der Waals surface area contributed by atoms with E-state index in [-0.39, 0.29) is 12.0 Å². The summed E-state index contributed by atoms with van der Waals surface area (Å²) in [5.41, 5.74) is 4.93. The summed E-state index contributed by atoms with van der Waals surface area (Å²) in [4.78, 5) is 23.6. The number of nitrogens with zero attached hydrogens (tertiary/aromatic N) is 3. The number of aryl methyl sites for hydroxylation is 1. The van der Waals surface area contributed by atoms with Crippen molar-refractivity contribution in [3.63, 3.8) is 0 Å². The van der Waals surface area contributed by atoms with E-state index in [1.807, 2.05) is 13.1 Å². The SMILES string of the molecule is COC(=O)c1ccc2nc(-c3ccc(C)cc3)c(N(C)C(C)C)nc2c1. The van der Waals surface area contributed by atoms with Gasteiger partial charge in [-0.3, -0.25) is 0 Å². The number of carbonyl (C=O) groups is 1. The van der Waals surface area contributed by atoms with Gasteiger partial charge in [0.15, 0.2) is 5.82 Å². The molecule has 3 aromatic rings. The first kappa shape index (κ1) is 17.9. The van der Waals surface area contributed by atoms with Gasteiger partial charge in [-0.2, -0.15) is 0 Å². The molecule has 1 aromatic heterocycles. The molecule has 0 amide bonds. The first-order valence-corrected chi connectivity index (χ1v) is 8.60. The van der Waals surface area contributed by atoms with Crippen molar-refractivity contribution < 1.29 is 9.53 Å². The van der Waals surface area contributed by atoms with Gasteiger partial charge in [0.25, 0.3) is 0 Å². The molecule has 0 unspecified atom stereocenters. The highest BCUT2D eigenvalue weighted by atomic mass is 16.5. The van der Waals surface area contributed by atoms with Crippen molar-refractivity contribution in [3.05, 3.63) is 53.6 Å². The number of anilines is 1. The number of carbonyl (C=O) groups excluding carboxylic acids is 1. The number of benzene rings is 2. The molecule has 5 nitrogen and oxygen atoms in total. The predicted octanol–water partition coefficient (Wildman–Crippen LogP) is 4.24. The molecule has 0 fully saturated rings. The summed E-state index contributed by atoms with van der Waals surface area (Å²) in [5, 5.41) is 0. The lowest BCUT2D eigenvalue weighted by Crippen LogP contribution is -2.27. The van der Waals surface area contributed by atoms with E-state index in [0.717, 1.165) is 22.6 Å². The molecule has 134 valence electrons. The van der Waals surface area contributed by atoms with Crippen molar-refractivity contribution in [2.45, 2.75) is 26.8 Å². The predicted molar refractivity (Wildman–Crippen MR) is 105 cm³/mol. The highest BCUT2D eigenvalue weighted by Crippen LogP contribution is 2.30. The molecule has 0 atom stereocenters. The van der Waals surface area contributed by atoms with Crippen molar-refractivity contribution >= 4 is 22.8 Å². The van der Waals surface area contributed by atoms with E-state index in [4.69, 9.17) is 14.7 Å². The van der Waals surface area contributed by atoms with E-state index in [2.05, 4.69) is 49.9 Å². The zero-order valence-electron chi connectivity index (χ0n) is 15.8. The molecule has 5 heteroatoms. The second-order valence-electron chi connectivity index (χ2n) is 6.66. The fourth-order valence-electron chi connectivity index (χ4n) is 2.69. The van der Waals surface area contributed by atoms with Gasteiger partial charge in [-0.05, 0) is 39.0 Å². The molecule has 0 N–H and O–H groups in total. The fraction of sp³-hybridized carbons (Fsp3) is 0.286. The summed E-state index contributed by atoms with van der Waals surface area (Å²) >= 11 is 0. The molecular formula is C21H23N3O2. The Morgan fingerprint density at radius 3 is 2.35 bits per heavy atom. The van der Waals surface area contributed by atoms with Crippen LogP contribution >= 0.6 is 0 Å². The van der Waals surface area contributed by atoms with Crippen molar-refractivity contribution in [2.75, 3.05) is 19.1 Å². The average molecular weight is 349 g/mol. The molecule has 3 rings (SSSR count). The molecular weight excluding hydrogens is 326 g/mol. The van der Waals surface area contributed by atoms with Crippen molar-refractivity contribution in [1.29, 1.82) is 0 Å². The summed E-state index contributed by atoms with van der Waals surface area (Å²) in [6.45, 7) is 6.27. The maximum absolute atomic E-state index is 11.8. The lowest BCUT2D eigenvalue weighted by atomic mass is 10.1. The first-order valence-electron chi connectivity index (χ1n) is 8.60. The van der Waals surface area contributed by atoms with E-state index in [1.54, 1.807) is 12.1 Å². The fourth-order valence-corrected chi connectivity index (χ4v) is 2.69. The number of rotatable bonds is 4. The first-order chi connectivity index (χ1) is 12.4. The van der Waals surface area contributed by atoms with E-state index in [9.17, 15) is 4.79 Å². The van der Waals surface area contributed by atoms with Crippen LogP contribution in [0.1, 0.15) is 29.8 Å². The summed E-state index contributed by atoms with van der Waals surface area (Å²) in [6.07, 6.45) is 0. The van der Waals surface area contributed by atoms with Crippen molar-refractivity contribution in [1.82, 2.24) is 9.97 Å². The van der Waals surface area contributed by atoms with Gasteiger partial charge in [0.1, 0.15) is 5.69 Å². The van der Waals surface area contributed by atoms with Gasteiger partial charge in [-0.1, -0.05) is 29.8 Å². The molecule has 0 saturated carbocycles. The highest BCUT2D eigenvalue weighted by Gasteiger charge is 2.17. The molecule has 26 heavy (non-hydrogen) atoms. The normalized spacial score (nSPS) is 11.0. The van der Waals surface area contributed by atoms with E-state index in [0.29, 0.717) is 11.1 Å². The molecule has 1 heterocycles. The number of esters is 1. The van der Waals surface area contributed by atoms with Crippen LogP contribution in [0.5, 0.6) is 0 Å². The third kappa shape index (κ3) is 3.38. The monoisotopic (exact) mass is 349 g/mol. The number of methoxy groups -OCH3 is 1. The molecule has 2 aromatic carbocycles. The Balaban J connectivity index is 2.23. The topological polar surface area (TPSA) is 55.3 Å². The summed E-state index contributed by atoms with van der Waals surface area (Å²) in [5.74, 6) is 0.411. The van der Waals surface area contributed by atoms with Crippen LogP contribution in [0, 0.1) is 6.92 Å². The van der Waals surface area contributed by atoms with Crippen LogP contribution in [-0.4, -0.2) is 36.1 Å². The Morgan fingerprint density at radius 2 is 1.73 bits per heavy atom. The Labute approximate surface area is 153 Å². The highest BCUT2D eigenvalue weighted by molar-refractivity contribution is 5.94. The van der Waals surface area contributed by atoms with Crippen LogP contribution in [0.15, 0.2) is 42.5 Å². The smallest absolute Gasteiger partial charge is 0.337 e. The Morgan fingerprint density at radius 1 is 1.04 bits per heavy atom. The Hall–Kier alpha value is -2.95. The quantitative estimate of drug-likeness (QED) is 0.660. The van der Waals surface area contributed by atoms with Crippen LogP contribution in [-0.2, 0) is 4.74 Å². The molecule has 0 bridgehead atoms. The minimum Gasteiger partial charge on any atom is -0.465 e. The standard InChI is InChI=1S/C21H23N3O2/c1-13(2)24(4)20-19(15-8-6-14(3)7-9-15)22-17-11-10-16(21(25)26-5)12-18(17)23-20/h6-13H,1-5H3. The van der Waals surface area contributed by atoms with Gasteiger partial charge < -0.3 is 9.64 Å². The second kappa shape index (κ2) is 7.12. The zero-order valence-corrected chi connectivity index (χ0v) is 15.8. The van der Waals surface area contributed by atoms with Crippen LogP contribution < -0.4 is 4.90 Å². The molecule has 0 saturated heterocycles. The van der Waals surface area contributed by atoms with Crippen LogP contribution in [0.2, 0.25) is 0 Å².